The van der Waals surface area contributed by atoms with Gasteiger partial charge in [-0.05, 0) is 31.0 Å². The molecule has 1 atom stereocenters. The molecule has 1 aliphatic heterocycles. The molecule has 1 aliphatic rings. The summed E-state index contributed by atoms with van der Waals surface area (Å²) < 4.78 is 41.1. The largest absolute Gasteiger partial charge is 0.497 e. The third-order valence-electron chi connectivity index (χ3n) is 4.58. The molecule has 0 bridgehead atoms. The van der Waals surface area contributed by atoms with E-state index in [4.69, 9.17) is 9.47 Å². The van der Waals surface area contributed by atoms with Crippen molar-refractivity contribution in [2.75, 3.05) is 46.4 Å². The van der Waals surface area contributed by atoms with Crippen LogP contribution in [-0.2, 0) is 11.3 Å². The number of methoxy groups -OCH3 is 1. The highest BCUT2D eigenvalue weighted by molar-refractivity contribution is 14.0. The number of ether oxygens (including phenoxy) is 3. The van der Waals surface area contributed by atoms with Crippen LogP contribution in [0.25, 0.3) is 0 Å². The zero-order valence-electron chi connectivity index (χ0n) is 18.7. The zero-order valence-corrected chi connectivity index (χ0v) is 21.0. The maximum Gasteiger partial charge on any atom is 0.387 e. The molecule has 0 aromatic heterocycles. The fourth-order valence-electron chi connectivity index (χ4n) is 3.32. The van der Waals surface area contributed by atoms with Gasteiger partial charge in [-0.25, -0.2) is 4.99 Å². The van der Waals surface area contributed by atoms with E-state index in [2.05, 4.69) is 39.1 Å². The molecule has 1 fully saturated rings. The third kappa shape index (κ3) is 10.2. The number of aliphatic imine (C=N–C) groups is 1. The molecule has 1 aromatic rings. The summed E-state index contributed by atoms with van der Waals surface area (Å²) in [7, 11) is 1.52. The van der Waals surface area contributed by atoms with E-state index >= 15 is 0 Å². The van der Waals surface area contributed by atoms with Gasteiger partial charge in [-0.15, -0.1) is 24.0 Å². The second-order valence-electron chi connectivity index (χ2n) is 7.57. The number of guanidine groups is 1. The Labute approximate surface area is 200 Å². The molecule has 0 amide bonds. The van der Waals surface area contributed by atoms with Crippen LogP contribution in [0.5, 0.6) is 11.5 Å². The summed E-state index contributed by atoms with van der Waals surface area (Å²) in [4.78, 5) is 6.94. The molecule has 0 spiro atoms. The second kappa shape index (κ2) is 14.6. The topological polar surface area (TPSA) is 67.4 Å². The molecule has 10 heteroatoms. The van der Waals surface area contributed by atoms with Crippen molar-refractivity contribution in [3.05, 3.63) is 23.8 Å². The Morgan fingerprint density at radius 3 is 2.74 bits per heavy atom. The Morgan fingerprint density at radius 2 is 2.10 bits per heavy atom. The van der Waals surface area contributed by atoms with Gasteiger partial charge >= 0.3 is 6.61 Å². The standard InChI is InChI=1S/C21H34F2N4O3.HI/c1-5-24-21(26-12-18-14-27(8-9-29-18)13-15(2)3)25-11-16-10-17(28-4)6-7-19(16)30-20(22)23;/h6-7,10,15,18,20H,5,8-9,11-14H2,1-4H3,(H2,24,25,26);1H. The quantitative estimate of drug-likeness (QED) is 0.262. The molecule has 7 nitrogen and oxygen atoms in total. The molecule has 0 radical (unpaired) electrons. The molecule has 0 saturated carbocycles. The third-order valence-corrected chi connectivity index (χ3v) is 4.58. The Bertz CT molecular complexity index is 680. The van der Waals surface area contributed by atoms with E-state index in [1.54, 1.807) is 12.1 Å². The van der Waals surface area contributed by atoms with Gasteiger partial charge in [0.2, 0.25) is 0 Å². The minimum absolute atomic E-state index is 0. The smallest absolute Gasteiger partial charge is 0.387 e. The van der Waals surface area contributed by atoms with Crippen molar-refractivity contribution in [2.24, 2.45) is 10.9 Å². The molecule has 31 heavy (non-hydrogen) atoms. The number of hydrogen-bond donors (Lipinski definition) is 2. The van der Waals surface area contributed by atoms with E-state index in [1.807, 2.05) is 6.92 Å². The van der Waals surface area contributed by atoms with Crippen molar-refractivity contribution >= 4 is 29.9 Å². The Morgan fingerprint density at radius 1 is 1.32 bits per heavy atom. The number of nitrogens with one attached hydrogen (secondary N) is 2. The van der Waals surface area contributed by atoms with Gasteiger partial charge in [-0.2, -0.15) is 8.78 Å². The Hall–Kier alpha value is -1.40. The predicted octanol–water partition coefficient (Wildman–Crippen LogP) is 3.33. The van der Waals surface area contributed by atoms with Gasteiger partial charge in [0.1, 0.15) is 11.5 Å². The van der Waals surface area contributed by atoms with E-state index < -0.39 is 6.61 Å². The number of halogens is 3. The van der Waals surface area contributed by atoms with E-state index in [1.165, 1.54) is 13.2 Å². The van der Waals surface area contributed by atoms with Gasteiger partial charge in [0.25, 0.3) is 0 Å². The van der Waals surface area contributed by atoms with Crippen molar-refractivity contribution in [3.63, 3.8) is 0 Å². The molecule has 178 valence electrons. The predicted molar refractivity (Wildman–Crippen MR) is 129 cm³/mol. The first-order valence-corrected chi connectivity index (χ1v) is 10.4. The van der Waals surface area contributed by atoms with Crippen LogP contribution in [0, 0.1) is 5.92 Å². The van der Waals surface area contributed by atoms with Crippen LogP contribution < -0.4 is 20.1 Å². The molecule has 1 heterocycles. The summed E-state index contributed by atoms with van der Waals surface area (Å²) in [6.07, 6.45) is 0.0657. The summed E-state index contributed by atoms with van der Waals surface area (Å²) in [6, 6.07) is 4.70. The second-order valence-corrected chi connectivity index (χ2v) is 7.57. The van der Waals surface area contributed by atoms with Gasteiger partial charge in [0.15, 0.2) is 5.96 Å². The van der Waals surface area contributed by atoms with E-state index in [9.17, 15) is 8.78 Å². The molecule has 0 aliphatic carbocycles. The van der Waals surface area contributed by atoms with Crippen LogP contribution in [0.15, 0.2) is 23.2 Å². The molecular formula is C21H35F2IN4O3. The number of alkyl halides is 2. The number of hydrogen-bond acceptors (Lipinski definition) is 5. The van der Waals surface area contributed by atoms with Gasteiger partial charge in [-0.3, -0.25) is 4.90 Å². The van der Waals surface area contributed by atoms with Crippen LogP contribution in [0.2, 0.25) is 0 Å². The van der Waals surface area contributed by atoms with Gasteiger partial charge < -0.3 is 24.8 Å². The Kier molecular flexibility index (Phi) is 13.0. The monoisotopic (exact) mass is 556 g/mol. The van der Waals surface area contributed by atoms with Gasteiger partial charge in [-0.1, -0.05) is 13.8 Å². The minimum atomic E-state index is -2.90. The van der Waals surface area contributed by atoms with Crippen molar-refractivity contribution in [1.82, 2.24) is 15.5 Å². The molecular weight excluding hydrogens is 521 g/mol. The Balaban J connectivity index is 0.00000480. The highest BCUT2D eigenvalue weighted by Gasteiger charge is 2.21. The number of benzene rings is 1. The zero-order chi connectivity index (χ0) is 21.9. The van der Waals surface area contributed by atoms with Crippen molar-refractivity contribution < 1.29 is 23.0 Å². The number of morpholine rings is 1. The summed E-state index contributed by atoms with van der Waals surface area (Å²) in [5, 5.41) is 6.46. The summed E-state index contributed by atoms with van der Waals surface area (Å²) in [6.45, 7) is 8.53. The number of rotatable bonds is 10. The summed E-state index contributed by atoms with van der Waals surface area (Å²) in [5.74, 6) is 1.85. The maximum absolute atomic E-state index is 12.7. The molecule has 2 N–H and O–H groups in total. The van der Waals surface area contributed by atoms with E-state index in [-0.39, 0.29) is 42.4 Å². The van der Waals surface area contributed by atoms with Gasteiger partial charge in [0.05, 0.1) is 26.4 Å². The highest BCUT2D eigenvalue weighted by atomic mass is 127. The fourth-order valence-corrected chi connectivity index (χ4v) is 3.32. The van der Waals surface area contributed by atoms with Crippen molar-refractivity contribution in [2.45, 2.75) is 40.0 Å². The van der Waals surface area contributed by atoms with Crippen LogP contribution in [0.4, 0.5) is 8.78 Å². The maximum atomic E-state index is 12.7. The fraction of sp³-hybridized carbons (Fsp3) is 0.667. The van der Waals surface area contributed by atoms with E-state index in [0.717, 1.165) is 19.6 Å². The molecule has 1 aromatic carbocycles. The lowest BCUT2D eigenvalue weighted by Crippen LogP contribution is -2.50. The molecule has 1 saturated heterocycles. The van der Waals surface area contributed by atoms with Crippen LogP contribution in [0.1, 0.15) is 26.3 Å². The SMILES string of the molecule is CCNC(=NCc1cc(OC)ccc1OC(F)F)NCC1CN(CC(C)C)CCO1.I. The van der Waals surface area contributed by atoms with Crippen LogP contribution in [0.3, 0.4) is 0 Å². The summed E-state index contributed by atoms with van der Waals surface area (Å²) in [5.41, 5.74) is 0.517. The minimum Gasteiger partial charge on any atom is -0.497 e. The summed E-state index contributed by atoms with van der Waals surface area (Å²) >= 11 is 0. The van der Waals surface area contributed by atoms with Crippen LogP contribution in [-0.4, -0.2) is 70.0 Å². The highest BCUT2D eigenvalue weighted by Crippen LogP contribution is 2.26. The lowest BCUT2D eigenvalue weighted by Gasteiger charge is -2.34. The van der Waals surface area contributed by atoms with E-state index in [0.29, 0.717) is 42.9 Å². The molecule has 1 unspecified atom stereocenters. The average Bonchev–Trinajstić information content (AvgIpc) is 2.70. The first-order chi connectivity index (χ1) is 14.4. The normalized spacial score (nSPS) is 17.4. The van der Waals surface area contributed by atoms with Crippen molar-refractivity contribution in [1.29, 1.82) is 0 Å². The van der Waals surface area contributed by atoms with Gasteiger partial charge in [0, 0.05) is 38.3 Å². The molecule has 2 rings (SSSR count). The lowest BCUT2D eigenvalue weighted by atomic mass is 10.2. The number of nitrogens with zero attached hydrogens (tertiary/aromatic N) is 2. The van der Waals surface area contributed by atoms with Crippen LogP contribution >= 0.6 is 24.0 Å². The first kappa shape index (κ1) is 27.6. The first-order valence-electron chi connectivity index (χ1n) is 10.4. The van der Waals surface area contributed by atoms with Crippen molar-refractivity contribution in [3.8, 4) is 11.5 Å². The lowest BCUT2D eigenvalue weighted by molar-refractivity contribution is -0.0504. The average molecular weight is 556 g/mol.